The minimum absolute atomic E-state index is 0.533. The van der Waals surface area contributed by atoms with Crippen molar-refractivity contribution in [1.82, 2.24) is 4.98 Å². The summed E-state index contributed by atoms with van der Waals surface area (Å²) in [6, 6.07) is 10.2. The Morgan fingerprint density at radius 3 is 2.33 bits per heavy atom. The average molecular weight is 218 g/mol. The molecular formula is C13H12ClN. The van der Waals surface area contributed by atoms with E-state index in [0.29, 0.717) is 5.15 Å². The summed E-state index contributed by atoms with van der Waals surface area (Å²) in [6.07, 6.45) is 1.73. The molecule has 2 rings (SSSR count). The number of halogens is 1. The zero-order valence-electron chi connectivity index (χ0n) is 8.79. The first kappa shape index (κ1) is 10.2. The normalized spacial score (nSPS) is 10.3. The van der Waals surface area contributed by atoms with Crippen molar-refractivity contribution in [2.45, 2.75) is 13.8 Å². The quantitative estimate of drug-likeness (QED) is 0.658. The molecule has 15 heavy (non-hydrogen) atoms. The Hall–Kier alpha value is -1.34. The van der Waals surface area contributed by atoms with Gasteiger partial charge >= 0.3 is 0 Å². The predicted molar refractivity (Wildman–Crippen MR) is 64.2 cm³/mol. The van der Waals surface area contributed by atoms with Gasteiger partial charge in [0.1, 0.15) is 5.15 Å². The van der Waals surface area contributed by atoms with Crippen LogP contribution < -0.4 is 0 Å². The van der Waals surface area contributed by atoms with E-state index < -0.39 is 0 Å². The van der Waals surface area contributed by atoms with Gasteiger partial charge < -0.3 is 0 Å². The lowest BCUT2D eigenvalue weighted by Gasteiger charge is -2.05. The van der Waals surface area contributed by atoms with Crippen molar-refractivity contribution in [3.8, 4) is 11.1 Å². The van der Waals surface area contributed by atoms with E-state index in [0.717, 1.165) is 5.56 Å². The summed E-state index contributed by atoms with van der Waals surface area (Å²) in [6.45, 7) is 4.22. The third kappa shape index (κ3) is 2.18. The molecule has 0 saturated carbocycles. The molecule has 76 valence electrons. The molecule has 0 aliphatic rings. The summed E-state index contributed by atoms with van der Waals surface area (Å²) < 4.78 is 0. The van der Waals surface area contributed by atoms with Crippen LogP contribution in [0.15, 0.2) is 36.5 Å². The highest BCUT2D eigenvalue weighted by molar-refractivity contribution is 6.29. The van der Waals surface area contributed by atoms with Crippen LogP contribution >= 0.6 is 11.6 Å². The second-order valence-corrected chi connectivity index (χ2v) is 4.05. The molecular weight excluding hydrogens is 206 g/mol. The molecule has 2 aromatic rings. The van der Waals surface area contributed by atoms with Gasteiger partial charge in [-0.15, -0.1) is 0 Å². The van der Waals surface area contributed by atoms with Crippen LogP contribution in [0.2, 0.25) is 5.15 Å². The lowest BCUT2D eigenvalue weighted by atomic mass is 10.0. The Kier molecular flexibility index (Phi) is 2.74. The minimum atomic E-state index is 0.533. The maximum atomic E-state index is 5.85. The molecule has 0 fully saturated rings. The van der Waals surface area contributed by atoms with Crippen LogP contribution in [0.25, 0.3) is 11.1 Å². The van der Waals surface area contributed by atoms with Crippen molar-refractivity contribution < 1.29 is 0 Å². The van der Waals surface area contributed by atoms with E-state index in [-0.39, 0.29) is 0 Å². The van der Waals surface area contributed by atoms with Gasteiger partial charge in [0, 0.05) is 6.20 Å². The van der Waals surface area contributed by atoms with E-state index >= 15 is 0 Å². The Balaban J connectivity index is 2.50. The molecule has 0 unspecified atom stereocenters. The number of pyridine rings is 1. The van der Waals surface area contributed by atoms with Gasteiger partial charge in [0.05, 0.1) is 0 Å². The summed E-state index contributed by atoms with van der Waals surface area (Å²) in [5.74, 6) is 0. The van der Waals surface area contributed by atoms with Gasteiger partial charge in [0.15, 0.2) is 0 Å². The van der Waals surface area contributed by atoms with Crippen molar-refractivity contribution in [2.24, 2.45) is 0 Å². The summed E-state index contributed by atoms with van der Waals surface area (Å²) in [7, 11) is 0. The maximum Gasteiger partial charge on any atom is 0.129 e. The highest BCUT2D eigenvalue weighted by Crippen LogP contribution is 2.23. The fourth-order valence-corrected chi connectivity index (χ4v) is 1.68. The highest BCUT2D eigenvalue weighted by Gasteiger charge is 2.00. The molecule has 1 aromatic heterocycles. The standard InChI is InChI=1S/C13H12ClN/c1-9-3-4-11(7-10(9)2)12-5-6-15-13(14)8-12/h3-8H,1-2H3. The lowest BCUT2D eigenvalue weighted by molar-refractivity contribution is 1.31. The van der Waals surface area contributed by atoms with Crippen molar-refractivity contribution in [3.63, 3.8) is 0 Å². The summed E-state index contributed by atoms with van der Waals surface area (Å²) >= 11 is 5.85. The zero-order valence-corrected chi connectivity index (χ0v) is 9.55. The number of aromatic nitrogens is 1. The number of aryl methyl sites for hydroxylation is 2. The smallest absolute Gasteiger partial charge is 0.129 e. The fraction of sp³-hybridized carbons (Fsp3) is 0.154. The molecule has 0 N–H and O–H groups in total. The van der Waals surface area contributed by atoms with Gasteiger partial charge in [-0.2, -0.15) is 0 Å². The van der Waals surface area contributed by atoms with E-state index in [9.17, 15) is 0 Å². The van der Waals surface area contributed by atoms with Gasteiger partial charge in [0.25, 0.3) is 0 Å². The first-order valence-electron chi connectivity index (χ1n) is 4.86. The summed E-state index contributed by atoms with van der Waals surface area (Å²) in [5, 5.41) is 0.533. The number of nitrogens with zero attached hydrogens (tertiary/aromatic N) is 1. The second-order valence-electron chi connectivity index (χ2n) is 3.67. The highest BCUT2D eigenvalue weighted by atomic mass is 35.5. The van der Waals surface area contributed by atoms with Crippen molar-refractivity contribution >= 4 is 11.6 Å². The molecule has 0 radical (unpaired) electrons. The van der Waals surface area contributed by atoms with Crippen LogP contribution in [0.4, 0.5) is 0 Å². The van der Waals surface area contributed by atoms with Gasteiger partial charge in [-0.25, -0.2) is 4.98 Å². The van der Waals surface area contributed by atoms with Crippen LogP contribution in [0.1, 0.15) is 11.1 Å². The largest absolute Gasteiger partial charge is 0.245 e. The van der Waals surface area contributed by atoms with Crippen LogP contribution in [-0.4, -0.2) is 4.98 Å². The number of benzene rings is 1. The molecule has 0 aliphatic carbocycles. The average Bonchev–Trinajstić information content (AvgIpc) is 2.22. The van der Waals surface area contributed by atoms with Gasteiger partial charge in [-0.1, -0.05) is 29.8 Å². The Morgan fingerprint density at radius 1 is 0.933 bits per heavy atom. The predicted octanol–water partition coefficient (Wildman–Crippen LogP) is 4.02. The molecule has 0 bridgehead atoms. The van der Waals surface area contributed by atoms with E-state index in [1.165, 1.54) is 16.7 Å². The van der Waals surface area contributed by atoms with Gasteiger partial charge in [0.2, 0.25) is 0 Å². The molecule has 0 saturated heterocycles. The van der Waals surface area contributed by atoms with Crippen molar-refractivity contribution in [3.05, 3.63) is 52.8 Å². The van der Waals surface area contributed by atoms with Gasteiger partial charge in [-0.05, 0) is 48.2 Å². The number of rotatable bonds is 1. The number of hydrogen-bond acceptors (Lipinski definition) is 1. The molecule has 1 heterocycles. The Morgan fingerprint density at radius 2 is 1.67 bits per heavy atom. The third-order valence-electron chi connectivity index (χ3n) is 2.57. The van der Waals surface area contributed by atoms with E-state index in [1.807, 2.05) is 12.1 Å². The van der Waals surface area contributed by atoms with E-state index in [2.05, 4.69) is 37.0 Å². The molecule has 0 amide bonds. The van der Waals surface area contributed by atoms with Crippen LogP contribution in [0.3, 0.4) is 0 Å². The molecule has 0 aliphatic heterocycles. The summed E-state index contributed by atoms with van der Waals surface area (Å²) in [4.78, 5) is 3.97. The third-order valence-corrected chi connectivity index (χ3v) is 2.77. The molecule has 1 nitrogen and oxygen atoms in total. The first-order valence-corrected chi connectivity index (χ1v) is 5.24. The Labute approximate surface area is 94.7 Å². The van der Waals surface area contributed by atoms with Crippen molar-refractivity contribution in [1.29, 1.82) is 0 Å². The van der Waals surface area contributed by atoms with Gasteiger partial charge in [-0.3, -0.25) is 0 Å². The maximum absolute atomic E-state index is 5.85. The van der Waals surface area contributed by atoms with Crippen LogP contribution in [0, 0.1) is 13.8 Å². The first-order chi connectivity index (χ1) is 7.16. The van der Waals surface area contributed by atoms with Crippen LogP contribution in [-0.2, 0) is 0 Å². The molecule has 1 aromatic carbocycles. The monoisotopic (exact) mass is 217 g/mol. The zero-order chi connectivity index (χ0) is 10.8. The number of hydrogen-bond donors (Lipinski definition) is 0. The minimum Gasteiger partial charge on any atom is -0.245 e. The lowest BCUT2D eigenvalue weighted by Crippen LogP contribution is -1.84. The second kappa shape index (κ2) is 4.03. The fourth-order valence-electron chi connectivity index (χ4n) is 1.50. The molecule has 2 heteroatoms. The molecule has 0 atom stereocenters. The van der Waals surface area contributed by atoms with E-state index in [4.69, 9.17) is 11.6 Å². The van der Waals surface area contributed by atoms with Crippen LogP contribution in [0.5, 0.6) is 0 Å². The topological polar surface area (TPSA) is 12.9 Å². The molecule has 0 spiro atoms. The summed E-state index contributed by atoms with van der Waals surface area (Å²) in [5.41, 5.74) is 4.89. The van der Waals surface area contributed by atoms with Crippen molar-refractivity contribution in [2.75, 3.05) is 0 Å². The Bertz CT molecular complexity index is 492. The van der Waals surface area contributed by atoms with E-state index in [1.54, 1.807) is 6.20 Å². The SMILES string of the molecule is Cc1ccc(-c2ccnc(Cl)c2)cc1C.